The molecule has 1 fully saturated rings. The van der Waals surface area contributed by atoms with Gasteiger partial charge in [0.2, 0.25) is 5.91 Å². The molecule has 134 valence electrons. The quantitative estimate of drug-likeness (QED) is 0.788. The van der Waals surface area contributed by atoms with E-state index in [4.69, 9.17) is 5.26 Å². The minimum atomic E-state index is -4.45. The first-order valence-electron chi connectivity index (χ1n) is 7.73. The molecule has 9 heteroatoms. The largest absolute Gasteiger partial charge is 0.416 e. The van der Waals surface area contributed by atoms with Gasteiger partial charge in [-0.2, -0.15) is 18.4 Å². The fourth-order valence-corrected chi connectivity index (χ4v) is 2.54. The van der Waals surface area contributed by atoms with Gasteiger partial charge in [-0.1, -0.05) is 0 Å². The first-order chi connectivity index (χ1) is 12.3. The molecule has 3 rings (SSSR count). The molecule has 0 aliphatic carbocycles. The third kappa shape index (κ3) is 3.74. The Morgan fingerprint density at radius 3 is 2.73 bits per heavy atom. The van der Waals surface area contributed by atoms with E-state index in [1.165, 1.54) is 28.2 Å². The second kappa shape index (κ2) is 6.63. The zero-order valence-corrected chi connectivity index (χ0v) is 13.7. The summed E-state index contributed by atoms with van der Waals surface area (Å²) in [5.74, 6) is -0.261. The van der Waals surface area contributed by atoms with Crippen molar-refractivity contribution in [3.05, 3.63) is 41.7 Å². The molecule has 26 heavy (non-hydrogen) atoms. The number of carbonyl (C=O) groups excluding carboxylic acids is 1. The van der Waals surface area contributed by atoms with E-state index in [9.17, 15) is 18.0 Å². The molecular formula is C17H14F3N5O. The van der Waals surface area contributed by atoms with Crippen LogP contribution in [0, 0.1) is 24.2 Å². The lowest BCUT2D eigenvalue weighted by Gasteiger charge is -2.34. The van der Waals surface area contributed by atoms with Gasteiger partial charge in [-0.05, 0) is 30.7 Å². The zero-order valence-electron chi connectivity index (χ0n) is 13.7. The predicted octanol–water partition coefficient (Wildman–Crippen LogP) is 2.73. The summed E-state index contributed by atoms with van der Waals surface area (Å²) >= 11 is 0. The maximum atomic E-state index is 12.9. The van der Waals surface area contributed by atoms with Crippen LogP contribution in [0.4, 0.5) is 13.2 Å². The van der Waals surface area contributed by atoms with E-state index in [0.29, 0.717) is 18.7 Å². The Labute approximate surface area is 147 Å². The van der Waals surface area contributed by atoms with Gasteiger partial charge in [-0.25, -0.2) is 9.67 Å². The van der Waals surface area contributed by atoms with E-state index in [0.717, 1.165) is 12.1 Å². The Bertz CT molecular complexity index is 904. The minimum Gasteiger partial charge on any atom is -0.336 e. The average Bonchev–Trinajstić information content (AvgIpc) is 2.99. The second-order valence-corrected chi connectivity index (χ2v) is 6.02. The van der Waals surface area contributed by atoms with Crippen LogP contribution < -0.4 is 0 Å². The van der Waals surface area contributed by atoms with E-state index >= 15 is 0 Å². The number of aromatic nitrogens is 3. The Morgan fingerprint density at radius 1 is 1.35 bits per heavy atom. The van der Waals surface area contributed by atoms with E-state index in [-0.39, 0.29) is 23.2 Å². The number of hydrogen-bond donors (Lipinski definition) is 0. The third-order valence-electron chi connectivity index (χ3n) is 3.92. The minimum absolute atomic E-state index is 0.129. The number of alkyl halides is 3. The van der Waals surface area contributed by atoms with Crippen molar-refractivity contribution >= 4 is 12.1 Å². The summed E-state index contributed by atoms with van der Waals surface area (Å²) in [6.07, 6.45) is -0.487. The molecule has 2 heterocycles. The van der Waals surface area contributed by atoms with Crippen LogP contribution in [0.3, 0.4) is 0 Å². The summed E-state index contributed by atoms with van der Waals surface area (Å²) in [5.41, 5.74) is -0.0727. The molecular weight excluding hydrogens is 347 g/mol. The molecule has 0 atom stereocenters. The highest BCUT2D eigenvalue weighted by molar-refractivity contribution is 5.90. The third-order valence-corrected chi connectivity index (χ3v) is 3.92. The van der Waals surface area contributed by atoms with Crippen molar-refractivity contribution in [3.63, 3.8) is 0 Å². The summed E-state index contributed by atoms with van der Waals surface area (Å²) in [5, 5.41) is 12.8. The van der Waals surface area contributed by atoms with Gasteiger partial charge in [-0.3, -0.25) is 4.79 Å². The highest BCUT2D eigenvalue weighted by Gasteiger charge is 2.31. The molecule has 0 radical (unpaired) electrons. The molecule has 1 amide bonds. The van der Waals surface area contributed by atoms with E-state index in [2.05, 4.69) is 16.2 Å². The lowest BCUT2D eigenvalue weighted by Crippen LogP contribution is -2.48. The highest BCUT2D eigenvalue weighted by atomic mass is 19.4. The highest BCUT2D eigenvalue weighted by Crippen LogP contribution is 2.32. The molecule has 1 aromatic carbocycles. The van der Waals surface area contributed by atoms with Crippen molar-refractivity contribution in [3.8, 4) is 17.5 Å². The number of rotatable bonds is 3. The molecule has 0 unspecified atom stereocenters. The lowest BCUT2D eigenvalue weighted by atomic mass is 10.0. The Morgan fingerprint density at radius 2 is 2.08 bits per heavy atom. The smallest absolute Gasteiger partial charge is 0.336 e. The fraction of sp³-hybridized carbons (Fsp3) is 0.294. The van der Waals surface area contributed by atoms with Crippen molar-refractivity contribution in [2.75, 3.05) is 13.1 Å². The number of nitriles is 1. The van der Waals surface area contributed by atoms with Crippen molar-refractivity contribution in [2.24, 2.45) is 5.92 Å². The number of carbonyl (C=O) groups is 1. The molecule has 1 aliphatic heterocycles. The summed E-state index contributed by atoms with van der Waals surface area (Å²) < 4.78 is 40.0. The summed E-state index contributed by atoms with van der Waals surface area (Å²) in [7, 11) is 0. The van der Waals surface area contributed by atoms with E-state index < -0.39 is 11.7 Å². The van der Waals surface area contributed by atoms with Crippen molar-refractivity contribution in [1.29, 1.82) is 5.26 Å². The van der Waals surface area contributed by atoms with Gasteiger partial charge >= 0.3 is 6.18 Å². The Hall–Kier alpha value is -3.15. The van der Waals surface area contributed by atoms with Gasteiger partial charge in [0.25, 0.3) is 0 Å². The number of halogens is 3. The molecule has 2 aromatic rings. The molecule has 0 bridgehead atoms. The van der Waals surface area contributed by atoms with Crippen LogP contribution in [0.1, 0.15) is 11.1 Å². The van der Waals surface area contributed by atoms with Gasteiger partial charge in [0.05, 0.1) is 17.6 Å². The van der Waals surface area contributed by atoms with Gasteiger partial charge in [0.1, 0.15) is 6.33 Å². The topological polar surface area (TPSA) is 74.8 Å². The van der Waals surface area contributed by atoms with Gasteiger partial charge < -0.3 is 4.90 Å². The summed E-state index contributed by atoms with van der Waals surface area (Å²) in [6.45, 7) is 2.35. The standard InChI is InChI=1S/C17H14F3N5O/c1-11-4-13(6-14(5-11)17(18,19)20)16-22-10-25(23-16)3-2-15(26)24-8-12(7-21)9-24/h2-6,10,12H,8-9H2,1H3/b3-2-. The molecule has 0 saturated carbocycles. The number of amides is 1. The molecule has 1 saturated heterocycles. The van der Waals surface area contributed by atoms with Crippen LogP contribution in [-0.4, -0.2) is 38.7 Å². The molecule has 0 N–H and O–H groups in total. The Kier molecular flexibility index (Phi) is 4.50. The average molecular weight is 361 g/mol. The van der Waals surface area contributed by atoms with Crippen LogP contribution in [0.5, 0.6) is 0 Å². The van der Waals surface area contributed by atoms with Gasteiger partial charge in [-0.15, -0.1) is 5.10 Å². The second-order valence-electron chi connectivity index (χ2n) is 6.02. The molecule has 1 aliphatic rings. The lowest BCUT2D eigenvalue weighted by molar-refractivity contribution is -0.137. The maximum absolute atomic E-state index is 12.9. The van der Waals surface area contributed by atoms with Crippen LogP contribution >= 0.6 is 0 Å². The molecule has 0 spiro atoms. The predicted molar refractivity (Wildman–Crippen MR) is 86.2 cm³/mol. The van der Waals surface area contributed by atoms with Crippen molar-refractivity contribution in [1.82, 2.24) is 19.7 Å². The molecule has 1 aromatic heterocycles. The van der Waals surface area contributed by atoms with Gasteiger partial charge in [0, 0.05) is 30.9 Å². The summed E-state index contributed by atoms with van der Waals surface area (Å²) in [4.78, 5) is 17.4. The maximum Gasteiger partial charge on any atom is 0.416 e. The monoisotopic (exact) mass is 361 g/mol. The number of hydrogen-bond acceptors (Lipinski definition) is 4. The first kappa shape index (κ1) is 17.7. The van der Waals surface area contributed by atoms with Gasteiger partial charge in [0.15, 0.2) is 5.82 Å². The zero-order chi connectivity index (χ0) is 18.9. The Balaban J connectivity index is 1.74. The van der Waals surface area contributed by atoms with Crippen molar-refractivity contribution in [2.45, 2.75) is 13.1 Å². The summed E-state index contributed by atoms with van der Waals surface area (Å²) in [6, 6.07) is 5.68. The van der Waals surface area contributed by atoms with Crippen LogP contribution in [0.2, 0.25) is 0 Å². The number of benzene rings is 1. The van der Waals surface area contributed by atoms with Crippen molar-refractivity contribution < 1.29 is 18.0 Å². The first-order valence-corrected chi connectivity index (χ1v) is 7.73. The SMILES string of the molecule is Cc1cc(-c2ncn(/C=C\C(=O)N3CC(C#N)C3)n2)cc(C(F)(F)F)c1. The number of nitrogens with zero attached hydrogens (tertiary/aromatic N) is 5. The van der Waals surface area contributed by atoms with Crippen LogP contribution in [0.25, 0.3) is 17.6 Å². The van der Waals surface area contributed by atoms with Crippen LogP contribution in [-0.2, 0) is 11.0 Å². The fourth-order valence-electron chi connectivity index (χ4n) is 2.54. The normalized spacial score (nSPS) is 15.1. The number of aryl methyl sites for hydroxylation is 1. The van der Waals surface area contributed by atoms with E-state index in [1.54, 1.807) is 13.0 Å². The van der Waals surface area contributed by atoms with Crippen LogP contribution in [0.15, 0.2) is 30.6 Å². The number of likely N-dealkylation sites (tertiary alicyclic amines) is 1. The van der Waals surface area contributed by atoms with E-state index in [1.807, 2.05) is 0 Å². The molecule has 6 nitrogen and oxygen atoms in total.